The highest BCUT2D eigenvalue weighted by Crippen LogP contribution is 2.28. The Balaban J connectivity index is 1.38. The minimum absolute atomic E-state index is 0.0324. The lowest BCUT2D eigenvalue weighted by Gasteiger charge is -2.27. The Kier molecular flexibility index (Phi) is 7.37. The number of nitrogens with two attached hydrogens (primary N) is 1. The molecule has 2 aliphatic heterocycles. The zero-order valence-corrected chi connectivity index (χ0v) is 16.5. The molecule has 0 aromatic heterocycles. The summed E-state index contributed by atoms with van der Waals surface area (Å²) < 4.78 is 34.2. The summed E-state index contributed by atoms with van der Waals surface area (Å²) in [6.07, 6.45) is 3.02. The van der Waals surface area contributed by atoms with Crippen molar-refractivity contribution in [3.8, 4) is 0 Å². The number of nitrogens with one attached hydrogen (secondary N) is 2. The van der Waals surface area contributed by atoms with E-state index in [2.05, 4.69) is 22.5 Å². The lowest BCUT2D eigenvalue weighted by atomic mass is 9.88. The van der Waals surface area contributed by atoms with Gasteiger partial charge in [0.05, 0.1) is 31.1 Å². The number of hydrogen-bond donors (Lipinski definition) is 3. The number of halogens is 2. The number of hydrogen-bond acceptors (Lipinski definition) is 5. The molecule has 0 bridgehead atoms. The van der Waals surface area contributed by atoms with E-state index in [1.54, 1.807) is 18.2 Å². The fourth-order valence-electron chi connectivity index (χ4n) is 4.19. The molecule has 0 aliphatic carbocycles. The molecule has 3 rings (SSSR count). The summed E-state index contributed by atoms with van der Waals surface area (Å²) in [7, 11) is 0. The minimum atomic E-state index is -2.88. The molecule has 0 saturated carbocycles. The van der Waals surface area contributed by atoms with Gasteiger partial charge in [-0.05, 0) is 18.8 Å². The van der Waals surface area contributed by atoms with Crippen molar-refractivity contribution < 1.29 is 13.5 Å². The van der Waals surface area contributed by atoms with Crippen molar-refractivity contribution in [3.05, 3.63) is 35.9 Å². The first kappa shape index (κ1) is 21.1. The maximum absolute atomic E-state index is 14.1. The maximum Gasteiger partial charge on any atom is 0.285 e. The molecular formula is C21H32F2N4O. The zero-order valence-electron chi connectivity index (χ0n) is 16.5. The van der Waals surface area contributed by atoms with Crippen LogP contribution in [0.25, 0.3) is 0 Å². The average molecular weight is 395 g/mol. The SMILES string of the molecule is C[C@@H]1CC(N)=N[C@H](C[C@@H]2CNC[C@@H]2OCCNCC(F)(F)c2ccccc2)C1. The summed E-state index contributed by atoms with van der Waals surface area (Å²) in [4.78, 5) is 4.61. The number of ether oxygens (including phenoxy) is 1. The van der Waals surface area contributed by atoms with Crippen LogP contribution in [0.15, 0.2) is 35.3 Å². The smallest absolute Gasteiger partial charge is 0.285 e. The van der Waals surface area contributed by atoms with Crippen molar-refractivity contribution in [2.24, 2.45) is 22.6 Å². The third kappa shape index (κ3) is 5.96. The van der Waals surface area contributed by atoms with Crippen LogP contribution in [0.1, 0.15) is 31.7 Å². The standard InChI is InChI=1S/C21H32F2N4O/c1-15-9-18(27-20(24)10-15)11-16-12-26-13-19(16)28-8-7-25-14-21(22,23)17-5-3-2-4-6-17/h2-6,15-16,18-19,25-26H,7-14H2,1H3,(H2,24,27)/t15-,16+,18-,19-/m0/s1. The first-order chi connectivity index (χ1) is 13.4. The number of amidine groups is 1. The first-order valence-corrected chi connectivity index (χ1v) is 10.2. The zero-order chi connectivity index (χ0) is 20.0. The Hall–Kier alpha value is -1.57. The molecule has 1 saturated heterocycles. The van der Waals surface area contributed by atoms with Gasteiger partial charge in [0.1, 0.15) is 0 Å². The van der Waals surface area contributed by atoms with E-state index in [9.17, 15) is 8.78 Å². The molecule has 2 aliphatic rings. The second kappa shape index (κ2) is 9.76. The lowest BCUT2D eigenvalue weighted by Crippen LogP contribution is -2.35. The summed E-state index contributed by atoms with van der Waals surface area (Å²) in [6, 6.07) is 8.17. The van der Waals surface area contributed by atoms with E-state index in [4.69, 9.17) is 10.5 Å². The van der Waals surface area contributed by atoms with Crippen LogP contribution < -0.4 is 16.4 Å². The van der Waals surface area contributed by atoms with Crippen LogP contribution in [0.5, 0.6) is 0 Å². The highest BCUT2D eigenvalue weighted by atomic mass is 19.3. The second-order valence-electron chi connectivity index (χ2n) is 8.13. The monoisotopic (exact) mass is 394 g/mol. The molecule has 0 amide bonds. The van der Waals surface area contributed by atoms with Crippen LogP contribution in [0.2, 0.25) is 0 Å². The molecule has 1 aromatic rings. The largest absolute Gasteiger partial charge is 0.387 e. The number of alkyl halides is 2. The van der Waals surface area contributed by atoms with Gasteiger partial charge in [0.2, 0.25) is 0 Å². The van der Waals surface area contributed by atoms with Crippen LogP contribution in [0.3, 0.4) is 0 Å². The van der Waals surface area contributed by atoms with Crippen LogP contribution in [-0.2, 0) is 10.7 Å². The van der Waals surface area contributed by atoms with Gasteiger partial charge < -0.3 is 21.1 Å². The minimum Gasteiger partial charge on any atom is -0.387 e. The molecule has 0 radical (unpaired) electrons. The fourth-order valence-corrected chi connectivity index (χ4v) is 4.19. The molecule has 1 aromatic carbocycles. The van der Waals surface area contributed by atoms with E-state index >= 15 is 0 Å². The fraction of sp³-hybridized carbons (Fsp3) is 0.667. The second-order valence-corrected chi connectivity index (χ2v) is 8.13. The number of aliphatic imine (C=N–C) groups is 1. The molecule has 5 nitrogen and oxygen atoms in total. The van der Waals surface area contributed by atoms with Gasteiger partial charge >= 0.3 is 0 Å². The predicted molar refractivity (Wildman–Crippen MR) is 108 cm³/mol. The van der Waals surface area contributed by atoms with Crippen molar-refractivity contribution >= 4 is 5.84 Å². The molecule has 4 atom stereocenters. The summed E-state index contributed by atoms with van der Waals surface area (Å²) >= 11 is 0. The van der Waals surface area contributed by atoms with E-state index in [-0.39, 0.29) is 24.3 Å². The molecule has 2 heterocycles. The quantitative estimate of drug-likeness (QED) is 0.563. The highest BCUT2D eigenvalue weighted by molar-refractivity contribution is 5.81. The average Bonchev–Trinajstić information content (AvgIpc) is 3.08. The molecule has 156 valence electrons. The third-order valence-corrected chi connectivity index (χ3v) is 5.59. The van der Waals surface area contributed by atoms with Crippen LogP contribution in [-0.4, -0.2) is 50.8 Å². The molecule has 7 heteroatoms. The van der Waals surface area contributed by atoms with Crippen molar-refractivity contribution in [2.75, 3.05) is 32.8 Å². The lowest BCUT2D eigenvalue weighted by molar-refractivity contribution is -0.00837. The number of benzene rings is 1. The molecule has 28 heavy (non-hydrogen) atoms. The van der Waals surface area contributed by atoms with Gasteiger partial charge in [0.15, 0.2) is 0 Å². The topological polar surface area (TPSA) is 71.7 Å². The summed E-state index contributed by atoms with van der Waals surface area (Å²) in [6.45, 7) is 4.35. The predicted octanol–water partition coefficient (Wildman–Crippen LogP) is 2.52. The van der Waals surface area contributed by atoms with E-state index in [0.29, 0.717) is 25.0 Å². The highest BCUT2D eigenvalue weighted by Gasteiger charge is 2.32. The van der Waals surface area contributed by atoms with Crippen LogP contribution in [0.4, 0.5) is 8.78 Å². The Morgan fingerprint density at radius 3 is 2.82 bits per heavy atom. The maximum atomic E-state index is 14.1. The van der Waals surface area contributed by atoms with Gasteiger partial charge in [-0.2, -0.15) is 8.78 Å². The summed E-state index contributed by atoms with van der Waals surface area (Å²) in [5.74, 6) is -1.16. The van der Waals surface area contributed by atoms with Gasteiger partial charge in [0.25, 0.3) is 5.92 Å². The van der Waals surface area contributed by atoms with Gasteiger partial charge in [-0.3, -0.25) is 4.99 Å². The Morgan fingerprint density at radius 2 is 2.07 bits per heavy atom. The van der Waals surface area contributed by atoms with E-state index in [1.165, 1.54) is 12.1 Å². The van der Waals surface area contributed by atoms with E-state index < -0.39 is 5.92 Å². The molecule has 0 spiro atoms. The first-order valence-electron chi connectivity index (χ1n) is 10.2. The van der Waals surface area contributed by atoms with Crippen LogP contribution in [0, 0.1) is 11.8 Å². The van der Waals surface area contributed by atoms with E-state index in [0.717, 1.165) is 38.2 Å². The van der Waals surface area contributed by atoms with Gasteiger partial charge in [0, 0.05) is 37.5 Å². The number of rotatable bonds is 9. The third-order valence-electron chi connectivity index (χ3n) is 5.59. The Morgan fingerprint density at radius 1 is 1.29 bits per heavy atom. The summed E-state index contributed by atoms with van der Waals surface area (Å²) in [5, 5.41) is 6.20. The number of nitrogens with zero attached hydrogens (tertiary/aromatic N) is 1. The van der Waals surface area contributed by atoms with Gasteiger partial charge in [-0.15, -0.1) is 0 Å². The van der Waals surface area contributed by atoms with Crippen molar-refractivity contribution in [3.63, 3.8) is 0 Å². The molecule has 0 unspecified atom stereocenters. The van der Waals surface area contributed by atoms with E-state index in [1.807, 2.05) is 0 Å². The van der Waals surface area contributed by atoms with Crippen LogP contribution >= 0.6 is 0 Å². The van der Waals surface area contributed by atoms with Crippen molar-refractivity contribution in [1.29, 1.82) is 0 Å². The molecular weight excluding hydrogens is 362 g/mol. The molecule has 1 fully saturated rings. The van der Waals surface area contributed by atoms with Crippen molar-refractivity contribution in [1.82, 2.24) is 10.6 Å². The Bertz CT molecular complexity index is 641. The van der Waals surface area contributed by atoms with Gasteiger partial charge in [-0.25, -0.2) is 0 Å². The normalized spacial score (nSPS) is 28.3. The molecule has 4 N–H and O–H groups in total. The van der Waals surface area contributed by atoms with Crippen molar-refractivity contribution in [2.45, 2.75) is 44.3 Å². The Labute approximate surface area is 166 Å². The van der Waals surface area contributed by atoms with Gasteiger partial charge in [-0.1, -0.05) is 37.3 Å². The summed E-state index contributed by atoms with van der Waals surface area (Å²) in [5.41, 5.74) is 5.98.